The molecule has 0 radical (unpaired) electrons. The average molecular weight is 170 g/mol. The number of aldehydes is 1. The molecule has 1 nitrogen and oxygen atoms in total. The van der Waals surface area contributed by atoms with Gasteiger partial charge in [-0.25, -0.2) is 0 Å². The summed E-state index contributed by atoms with van der Waals surface area (Å²) in [6, 6.07) is 0. The predicted octanol–water partition coefficient (Wildman–Crippen LogP) is 3.57. The third kappa shape index (κ3) is 7.77. The Bertz CT molecular complexity index is 99.2. The average Bonchev–Trinajstić information content (AvgIpc) is 2.09. The lowest BCUT2D eigenvalue weighted by Gasteiger charge is -2.08. The van der Waals surface area contributed by atoms with Gasteiger partial charge < -0.3 is 4.79 Å². The van der Waals surface area contributed by atoms with E-state index in [1.165, 1.54) is 32.1 Å². The molecule has 72 valence electrons. The fourth-order valence-corrected chi connectivity index (χ4v) is 1.42. The maximum absolute atomic E-state index is 10.1. The Morgan fingerprint density at radius 3 is 2.50 bits per heavy atom. The second-order valence-corrected chi connectivity index (χ2v) is 3.70. The van der Waals surface area contributed by atoms with Crippen molar-refractivity contribution in [2.24, 2.45) is 5.92 Å². The van der Waals surface area contributed by atoms with Crippen LogP contribution in [-0.4, -0.2) is 6.29 Å². The van der Waals surface area contributed by atoms with Crippen LogP contribution in [0.5, 0.6) is 0 Å². The van der Waals surface area contributed by atoms with E-state index in [0.29, 0.717) is 0 Å². The molecular weight excluding hydrogens is 148 g/mol. The molecule has 0 amide bonds. The maximum atomic E-state index is 10.1. The minimum Gasteiger partial charge on any atom is -0.303 e. The van der Waals surface area contributed by atoms with Crippen LogP contribution in [-0.2, 0) is 4.79 Å². The van der Waals surface area contributed by atoms with E-state index in [-0.39, 0.29) is 0 Å². The summed E-state index contributed by atoms with van der Waals surface area (Å²) >= 11 is 0. The first-order valence-corrected chi connectivity index (χ1v) is 5.24. The number of hydrogen-bond donors (Lipinski definition) is 0. The molecule has 0 unspecified atom stereocenters. The van der Waals surface area contributed by atoms with Crippen LogP contribution < -0.4 is 0 Å². The quantitative estimate of drug-likeness (QED) is 0.402. The van der Waals surface area contributed by atoms with E-state index in [2.05, 4.69) is 13.8 Å². The van der Waals surface area contributed by atoms with Gasteiger partial charge in [-0.2, -0.15) is 0 Å². The smallest absolute Gasteiger partial charge is 0.120 e. The topological polar surface area (TPSA) is 17.1 Å². The monoisotopic (exact) mass is 170 g/mol. The molecule has 0 heterocycles. The zero-order valence-corrected chi connectivity index (χ0v) is 8.51. The highest BCUT2D eigenvalue weighted by atomic mass is 16.1. The van der Waals surface area contributed by atoms with Crippen molar-refractivity contribution >= 4 is 6.29 Å². The number of carbonyl (C=O) groups excluding carboxylic acids is 1. The molecule has 0 aliphatic rings. The molecule has 0 saturated carbocycles. The number of rotatable bonds is 8. The predicted molar refractivity (Wildman–Crippen MR) is 53.2 cm³/mol. The molecule has 0 aromatic carbocycles. The third-order valence-corrected chi connectivity index (χ3v) is 2.33. The molecular formula is C11H22O. The van der Waals surface area contributed by atoms with Gasteiger partial charge in [-0.05, 0) is 12.3 Å². The molecule has 1 atom stereocenters. The number of hydrogen-bond acceptors (Lipinski definition) is 1. The zero-order valence-electron chi connectivity index (χ0n) is 8.51. The van der Waals surface area contributed by atoms with Crippen LogP contribution in [0.25, 0.3) is 0 Å². The van der Waals surface area contributed by atoms with Crippen LogP contribution >= 0.6 is 0 Å². The Hall–Kier alpha value is -0.330. The van der Waals surface area contributed by atoms with E-state index in [9.17, 15) is 4.79 Å². The fourth-order valence-electron chi connectivity index (χ4n) is 1.42. The van der Waals surface area contributed by atoms with Crippen molar-refractivity contribution in [1.82, 2.24) is 0 Å². The van der Waals surface area contributed by atoms with E-state index in [1.807, 2.05) is 0 Å². The van der Waals surface area contributed by atoms with Crippen molar-refractivity contribution < 1.29 is 4.79 Å². The Morgan fingerprint density at radius 2 is 1.92 bits per heavy atom. The van der Waals surface area contributed by atoms with Gasteiger partial charge in [0, 0.05) is 6.42 Å². The summed E-state index contributed by atoms with van der Waals surface area (Å²) in [5, 5.41) is 0. The summed E-state index contributed by atoms with van der Waals surface area (Å²) in [4.78, 5) is 10.1. The molecule has 0 N–H and O–H groups in total. The first kappa shape index (κ1) is 11.7. The van der Waals surface area contributed by atoms with Gasteiger partial charge in [0.15, 0.2) is 0 Å². The van der Waals surface area contributed by atoms with Gasteiger partial charge >= 0.3 is 0 Å². The van der Waals surface area contributed by atoms with Gasteiger partial charge in [0.1, 0.15) is 6.29 Å². The molecule has 0 rings (SSSR count). The Morgan fingerprint density at radius 1 is 1.17 bits per heavy atom. The van der Waals surface area contributed by atoms with Gasteiger partial charge in [-0.15, -0.1) is 0 Å². The fraction of sp³-hybridized carbons (Fsp3) is 0.909. The summed E-state index contributed by atoms with van der Waals surface area (Å²) in [7, 11) is 0. The van der Waals surface area contributed by atoms with Crippen molar-refractivity contribution in [1.29, 1.82) is 0 Å². The largest absolute Gasteiger partial charge is 0.303 e. The Labute approximate surface area is 76.6 Å². The molecule has 0 saturated heterocycles. The minimum atomic E-state index is 0.743. The molecule has 0 spiro atoms. The van der Waals surface area contributed by atoms with Crippen molar-refractivity contribution in [2.75, 3.05) is 0 Å². The van der Waals surface area contributed by atoms with Crippen LogP contribution in [0.1, 0.15) is 58.8 Å². The summed E-state index contributed by atoms with van der Waals surface area (Å²) in [5.41, 5.74) is 0. The lowest BCUT2D eigenvalue weighted by molar-refractivity contribution is -0.108. The summed E-state index contributed by atoms with van der Waals surface area (Å²) in [5.74, 6) is 0.743. The minimum absolute atomic E-state index is 0.743. The van der Waals surface area contributed by atoms with E-state index in [4.69, 9.17) is 0 Å². The second-order valence-electron chi connectivity index (χ2n) is 3.70. The second kappa shape index (κ2) is 8.76. The first-order chi connectivity index (χ1) is 5.81. The summed E-state index contributed by atoms with van der Waals surface area (Å²) in [6.07, 6.45) is 9.53. The molecule has 0 aromatic heterocycles. The van der Waals surface area contributed by atoms with Crippen molar-refractivity contribution in [2.45, 2.75) is 58.8 Å². The SMILES string of the molecule is CCCCCC[C@@H](C)CCC=O. The first-order valence-electron chi connectivity index (χ1n) is 5.24. The molecule has 0 aliphatic heterocycles. The highest BCUT2D eigenvalue weighted by Gasteiger charge is 2.00. The molecule has 12 heavy (non-hydrogen) atoms. The zero-order chi connectivity index (χ0) is 9.23. The van der Waals surface area contributed by atoms with Crippen LogP contribution in [0.15, 0.2) is 0 Å². The van der Waals surface area contributed by atoms with Crippen LogP contribution in [0.4, 0.5) is 0 Å². The lowest BCUT2D eigenvalue weighted by atomic mass is 9.98. The number of carbonyl (C=O) groups is 1. The van der Waals surface area contributed by atoms with Gasteiger partial charge in [0.2, 0.25) is 0 Å². The highest BCUT2D eigenvalue weighted by molar-refractivity contribution is 5.49. The van der Waals surface area contributed by atoms with Crippen LogP contribution in [0.3, 0.4) is 0 Å². The normalized spacial score (nSPS) is 12.8. The van der Waals surface area contributed by atoms with Gasteiger partial charge in [-0.1, -0.05) is 46.0 Å². The van der Waals surface area contributed by atoms with Crippen molar-refractivity contribution in [3.05, 3.63) is 0 Å². The third-order valence-electron chi connectivity index (χ3n) is 2.33. The molecule has 1 heteroatoms. The Kier molecular flexibility index (Phi) is 8.52. The van der Waals surface area contributed by atoms with Crippen molar-refractivity contribution in [3.8, 4) is 0 Å². The van der Waals surface area contributed by atoms with E-state index >= 15 is 0 Å². The van der Waals surface area contributed by atoms with E-state index in [0.717, 1.165) is 25.0 Å². The standard InChI is InChI=1S/C11H22O/c1-3-4-5-6-8-11(2)9-7-10-12/h10-11H,3-9H2,1-2H3/t11-/m1/s1. The molecule has 0 fully saturated rings. The van der Waals surface area contributed by atoms with Gasteiger partial charge in [-0.3, -0.25) is 0 Å². The lowest BCUT2D eigenvalue weighted by Crippen LogP contribution is -1.94. The summed E-state index contributed by atoms with van der Waals surface area (Å²) in [6.45, 7) is 4.48. The highest BCUT2D eigenvalue weighted by Crippen LogP contribution is 2.14. The van der Waals surface area contributed by atoms with Gasteiger partial charge in [0.25, 0.3) is 0 Å². The van der Waals surface area contributed by atoms with E-state index < -0.39 is 0 Å². The molecule has 0 aromatic rings. The molecule has 0 aliphatic carbocycles. The maximum Gasteiger partial charge on any atom is 0.120 e. The van der Waals surface area contributed by atoms with Crippen LogP contribution in [0.2, 0.25) is 0 Å². The van der Waals surface area contributed by atoms with E-state index in [1.54, 1.807) is 0 Å². The number of unbranched alkanes of at least 4 members (excludes halogenated alkanes) is 3. The van der Waals surface area contributed by atoms with Crippen LogP contribution in [0, 0.1) is 5.92 Å². The van der Waals surface area contributed by atoms with Crippen molar-refractivity contribution in [3.63, 3.8) is 0 Å². The molecule has 0 bridgehead atoms. The summed E-state index contributed by atoms with van der Waals surface area (Å²) < 4.78 is 0. The Balaban J connectivity index is 3.07. The van der Waals surface area contributed by atoms with Gasteiger partial charge in [0.05, 0.1) is 0 Å².